The van der Waals surface area contributed by atoms with E-state index in [9.17, 15) is 18.7 Å². The largest absolute Gasteiger partial charge is 0.385 e. The summed E-state index contributed by atoms with van der Waals surface area (Å²) in [4.78, 5) is 16.5. The Morgan fingerprint density at radius 1 is 1.12 bits per heavy atom. The number of nitrogens with zero attached hydrogens (tertiary/aromatic N) is 4. The number of benzene rings is 1. The molecule has 0 saturated heterocycles. The Labute approximate surface area is 134 Å². The molecule has 0 saturated carbocycles. The summed E-state index contributed by atoms with van der Waals surface area (Å²) < 4.78 is 28.9. The average Bonchev–Trinajstić information content (AvgIpc) is 3.07. The zero-order valence-corrected chi connectivity index (χ0v) is 12.3. The summed E-state index contributed by atoms with van der Waals surface area (Å²) in [7, 11) is 0. The van der Waals surface area contributed by atoms with Crippen LogP contribution in [0.3, 0.4) is 0 Å². The summed E-state index contributed by atoms with van der Waals surface area (Å²) in [5.74, 6) is -0.754. The molecule has 1 aliphatic rings. The zero-order chi connectivity index (χ0) is 16.8. The first kappa shape index (κ1) is 14.7. The van der Waals surface area contributed by atoms with Gasteiger partial charge in [-0.3, -0.25) is 9.55 Å². The minimum Gasteiger partial charge on any atom is -0.385 e. The van der Waals surface area contributed by atoms with E-state index in [1.165, 1.54) is 41.1 Å². The molecule has 6 nitrogen and oxygen atoms in total. The maximum Gasteiger partial charge on any atom is 0.351 e. The van der Waals surface area contributed by atoms with Gasteiger partial charge < -0.3 is 5.11 Å². The predicted molar refractivity (Wildman–Crippen MR) is 79.7 cm³/mol. The Kier molecular flexibility index (Phi) is 3.27. The highest BCUT2D eigenvalue weighted by Crippen LogP contribution is 2.36. The molecular formula is C16H12F2N4O2. The molecule has 2 atom stereocenters. The van der Waals surface area contributed by atoms with Crippen molar-refractivity contribution in [3.8, 4) is 5.69 Å². The van der Waals surface area contributed by atoms with Crippen LogP contribution >= 0.6 is 0 Å². The quantitative estimate of drug-likeness (QED) is 0.777. The van der Waals surface area contributed by atoms with Crippen LogP contribution < -0.4 is 5.69 Å². The van der Waals surface area contributed by atoms with Gasteiger partial charge in [0.2, 0.25) is 0 Å². The number of hydrogen-bond donors (Lipinski definition) is 1. The third kappa shape index (κ3) is 2.23. The van der Waals surface area contributed by atoms with Crippen LogP contribution in [-0.2, 0) is 0 Å². The lowest BCUT2D eigenvalue weighted by atomic mass is 10.1. The number of halogens is 2. The summed E-state index contributed by atoms with van der Waals surface area (Å²) in [6.07, 6.45) is 1.79. The monoisotopic (exact) mass is 330 g/mol. The Morgan fingerprint density at radius 3 is 2.58 bits per heavy atom. The van der Waals surface area contributed by atoms with E-state index in [0.717, 1.165) is 10.9 Å². The lowest BCUT2D eigenvalue weighted by Gasteiger charge is -2.12. The van der Waals surface area contributed by atoms with Gasteiger partial charge in [0.1, 0.15) is 17.7 Å². The highest BCUT2D eigenvalue weighted by molar-refractivity contribution is 5.31. The molecule has 0 radical (unpaired) electrons. The molecule has 2 aromatic heterocycles. The van der Waals surface area contributed by atoms with Gasteiger partial charge in [-0.2, -0.15) is 4.68 Å². The lowest BCUT2D eigenvalue weighted by Crippen LogP contribution is -2.26. The van der Waals surface area contributed by atoms with Crippen molar-refractivity contribution in [2.75, 3.05) is 0 Å². The third-order valence-corrected chi connectivity index (χ3v) is 4.07. The molecule has 1 aliphatic heterocycles. The van der Waals surface area contributed by atoms with Crippen LogP contribution in [0.15, 0.2) is 47.5 Å². The van der Waals surface area contributed by atoms with Gasteiger partial charge >= 0.3 is 5.69 Å². The van der Waals surface area contributed by atoms with Crippen molar-refractivity contribution in [3.05, 3.63) is 76.2 Å². The molecule has 24 heavy (non-hydrogen) atoms. The summed E-state index contributed by atoms with van der Waals surface area (Å²) in [5.41, 5.74) is 0.377. The summed E-state index contributed by atoms with van der Waals surface area (Å²) >= 11 is 0. The molecule has 0 fully saturated rings. The van der Waals surface area contributed by atoms with Gasteiger partial charge in [-0.25, -0.2) is 13.6 Å². The van der Waals surface area contributed by atoms with Gasteiger partial charge in [0.25, 0.3) is 0 Å². The first-order valence-electron chi connectivity index (χ1n) is 7.30. The second-order valence-electron chi connectivity index (χ2n) is 5.60. The Balaban J connectivity index is 1.84. The molecule has 122 valence electrons. The van der Waals surface area contributed by atoms with Crippen molar-refractivity contribution >= 4 is 0 Å². The fourth-order valence-corrected chi connectivity index (χ4v) is 2.98. The van der Waals surface area contributed by atoms with E-state index in [-0.39, 0.29) is 12.2 Å². The van der Waals surface area contributed by atoms with E-state index in [1.807, 2.05) is 0 Å². The topological polar surface area (TPSA) is 72.9 Å². The van der Waals surface area contributed by atoms with E-state index >= 15 is 0 Å². The van der Waals surface area contributed by atoms with Gasteiger partial charge in [-0.05, 0) is 35.9 Å². The maximum atomic E-state index is 13.4. The van der Waals surface area contributed by atoms with Gasteiger partial charge in [0.15, 0.2) is 5.82 Å². The van der Waals surface area contributed by atoms with E-state index in [4.69, 9.17) is 0 Å². The molecule has 3 heterocycles. The molecule has 1 N–H and O–H groups in total. The van der Waals surface area contributed by atoms with E-state index in [1.54, 1.807) is 0 Å². The second-order valence-corrected chi connectivity index (χ2v) is 5.60. The fraction of sp³-hybridized carbons (Fsp3) is 0.188. The standard InChI is InChI=1S/C16H12F2N4O2/c17-10-1-3-12(4-2-10)22-16(24)21-13(6-14(23)15(21)20-22)9-5-11(18)8-19-7-9/h1-5,7-8,13-14,23H,6H2. The van der Waals surface area contributed by atoms with Crippen molar-refractivity contribution in [2.24, 2.45) is 0 Å². The number of aliphatic hydroxyl groups is 1. The van der Waals surface area contributed by atoms with E-state index in [0.29, 0.717) is 11.3 Å². The zero-order valence-electron chi connectivity index (χ0n) is 12.3. The smallest absolute Gasteiger partial charge is 0.351 e. The predicted octanol–water partition coefficient (Wildman–Crippen LogP) is 1.73. The van der Waals surface area contributed by atoms with Gasteiger partial charge in [0.05, 0.1) is 17.9 Å². The molecular weight excluding hydrogens is 318 g/mol. The van der Waals surface area contributed by atoms with Crippen molar-refractivity contribution in [2.45, 2.75) is 18.6 Å². The molecule has 0 amide bonds. The summed E-state index contributed by atoms with van der Waals surface area (Å²) in [6.45, 7) is 0. The van der Waals surface area contributed by atoms with Gasteiger partial charge in [0, 0.05) is 12.6 Å². The first-order valence-corrected chi connectivity index (χ1v) is 7.30. The van der Waals surface area contributed by atoms with E-state index < -0.39 is 29.5 Å². The number of pyridine rings is 1. The van der Waals surface area contributed by atoms with Gasteiger partial charge in [-0.15, -0.1) is 5.10 Å². The number of aromatic nitrogens is 4. The number of aliphatic hydroxyl groups excluding tert-OH is 1. The van der Waals surface area contributed by atoms with Crippen molar-refractivity contribution < 1.29 is 13.9 Å². The van der Waals surface area contributed by atoms with Crippen LogP contribution in [0.4, 0.5) is 8.78 Å². The minimum atomic E-state index is -0.951. The first-order chi connectivity index (χ1) is 11.5. The van der Waals surface area contributed by atoms with Crippen LogP contribution in [0, 0.1) is 11.6 Å². The number of fused-ring (bicyclic) bond motifs is 1. The molecule has 4 rings (SSSR count). The molecule has 1 aromatic carbocycles. The van der Waals surface area contributed by atoms with Crippen LogP contribution in [0.2, 0.25) is 0 Å². The highest BCUT2D eigenvalue weighted by atomic mass is 19.1. The molecule has 0 aliphatic carbocycles. The Hall–Kier alpha value is -2.87. The Bertz CT molecular complexity index is 965. The lowest BCUT2D eigenvalue weighted by molar-refractivity contribution is 0.170. The minimum absolute atomic E-state index is 0.193. The molecule has 0 bridgehead atoms. The van der Waals surface area contributed by atoms with Gasteiger partial charge in [-0.1, -0.05) is 0 Å². The summed E-state index contributed by atoms with van der Waals surface area (Å²) in [5, 5.41) is 14.4. The van der Waals surface area contributed by atoms with Crippen LogP contribution in [0.1, 0.15) is 30.0 Å². The average molecular weight is 330 g/mol. The van der Waals surface area contributed by atoms with Crippen LogP contribution in [0.5, 0.6) is 0 Å². The highest BCUT2D eigenvalue weighted by Gasteiger charge is 2.36. The maximum absolute atomic E-state index is 13.4. The normalized spacial score (nSPS) is 19.5. The van der Waals surface area contributed by atoms with E-state index in [2.05, 4.69) is 10.1 Å². The number of hydrogen-bond acceptors (Lipinski definition) is 4. The molecule has 3 aromatic rings. The van der Waals surface area contributed by atoms with Crippen molar-refractivity contribution in [1.29, 1.82) is 0 Å². The SMILES string of the molecule is O=c1n(-c2ccc(F)cc2)nc2n1C(c1cncc(F)c1)CC2O. The van der Waals surface area contributed by atoms with Crippen LogP contribution in [-0.4, -0.2) is 24.4 Å². The molecule has 8 heteroatoms. The molecule has 0 spiro atoms. The third-order valence-electron chi connectivity index (χ3n) is 4.07. The van der Waals surface area contributed by atoms with Crippen LogP contribution in [0.25, 0.3) is 5.69 Å². The molecule has 2 unspecified atom stereocenters. The summed E-state index contributed by atoms with van der Waals surface area (Å²) in [6, 6.07) is 6.00. The second kappa shape index (κ2) is 5.34. The Morgan fingerprint density at radius 2 is 1.88 bits per heavy atom. The fourth-order valence-electron chi connectivity index (χ4n) is 2.98. The van der Waals surface area contributed by atoms with Crippen molar-refractivity contribution in [3.63, 3.8) is 0 Å². The number of rotatable bonds is 2. The van der Waals surface area contributed by atoms with Crippen molar-refractivity contribution in [1.82, 2.24) is 19.3 Å².